The van der Waals surface area contributed by atoms with Crippen LogP contribution in [0.4, 0.5) is 5.69 Å². The zero-order valence-electron chi connectivity index (χ0n) is 19.4. The maximum absolute atomic E-state index is 12.0. The normalized spacial score (nSPS) is 20.6. The van der Waals surface area contributed by atoms with E-state index < -0.39 is 12.2 Å². The summed E-state index contributed by atoms with van der Waals surface area (Å²) in [5.74, 6) is 0.682. The van der Waals surface area contributed by atoms with Gasteiger partial charge in [-0.1, -0.05) is 0 Å². The second-order valence-electron chi connectivity index (χ2n) is 9.47. The van der Waals surface area contributed by atoms with Crippen LogP contribution < -0.4 is 10.5 Å². The number of hydrogen-bond acceptors (Lipinski definition) is 9. The molecule has 2 atom stereocenters. The van der Waals surface area contributed by atoms with E-state index in [1.54, 1.807) is 13.2 Å². The van der Waals surface area contributed by atoms with Gasteiger partial charge >= 0.3 is 5.97 Å². The van der Waals surface area contributed by atoms with Crippen LogP contribution in [0.1, 0.15) is 63.7 Å². The number of piperazine rings is 1. The first kappa shape index (κ1) is 23.0. The van der Waals surface area contributed by atoms with E-state index in [1.807, 2.05) is 12.1 Å². The minimum Gasteiger partial charge on any atom is -0.494 e. The van der Waals surface area contributed by atoms with E-state index in [4.69, 9.17) is 15.2 Å². The van der Waals surface area contributed by atoms with E-state index >= 15 is 0 Å². The largest absolute Gasteiger partial charge is 0.494 e. The monoisotopic (exact) mass is 468 g/mol. The molecule has 2 fully saturated rings. The number of fused-ring (bicyclic) bond motifs is 1. The van der Waals surface area contributed by atoms with Gasteiger partial charge in [-0.15, -0.1) is 0 Å². The average molecular weight is 469 g/mol. The van der Waals surface area contributed by atoms with Crippen molar-refractivity contribution in [3.63, 3.8) is 0 Å². The summed E-state index contributed by atoms with van der Waals surface area (Å²) in [7, 11) is 1.54. The van der Waals surface area contributed by atoms with Crippen LogP contribution >= 0.6 is 0 Å². The first-order chi connectivity index (χ1) is 16.4. The summed E-state index contributed by atoms with van der Waals surface area (Å²) >= 11 is 0. The molecule has 4 N–H and O–H groups in total. The highest BCUT2D eigenvalue weighted by Crippen LogP contribution is 2.44. The standard InChI is InChI=1S/C25H32N4O5/c1-33-24-10-21(27-11-20(24)26)23(31)13-29-6-4-28(5-7-29)12-22(30)19-8-16-14-34-25(32)18(16)9-17(19)15-2-3-15/h8-11,15,22-23,30-31H,2-7,12-14,26H2,1H3. The summed E-state index contributed by atoms with van der Waals surface area (Å²) in [5.41, 5.74) is 10.3. The zero-order chi connectivity index (χ0) is 23.8. The molecule has 2 unspecified atom stereocenters. The van der Waals surface area contributed by atoms with Crippen LogP contribution in [0.25, 0.3) is 0 Å². The molecule has 9 heteroatoms. The maximum Gasteiger partial charge on any atom is 0.338 e. The van der Waals surface area contributed by atoms with Gasteiger partial charge in [-0.25, -0.2) is 4.79 Å². The highest BCUT2D eigenvalue weighted by Gasteiger charge is 2.33. The molecular formula is C25H32N4O5. The number of rotatable bonds is 8. The van der Waals surface area contributed by atoms with E-state index in [0.29, 0.717) is 41.7 Å². The number of carbonyl (C=O) groups excluding carboxylic acids is 1. The molecule has 0 radical (unpaired) electrons. The number of nitrogens with zero attached hydrogens (tertiary/aromatic N) is 3. The van der Waals surface area contributed by atoms with Gasteiger partial charge in [0.05, 0.1) is 36.4 Å². The summed E-state index contributed by atoms with van der Waals surface area (Å²) in [4.78, 5) is 20.7. The van der Waals surface area contributed by atoms with Gasteiger partial charge in [-0.2, -0.15) is 0 Å². The van der Waals surface area contributed by atoms with Crippen molar-refractivity contribution >= 4 is 11.7 Å². The van der Waals surface area contributed by atoms with Crippen molar-refractivity contribution < 1.29 is 24.5 Å². The van der Waals surface area contributed by atoms with Gasteiger partial charge in [-0.3, -0.25) is 14.8 Å². The first-order valence-electron chi connectivity index (χ1n) is 11.9. The number of pyridine rings is 1. The smallest absolute Gasteiger partial charge is 0.338 e. The number of carbonyl (C=O) groups is 1. The Morgan fingerprint density at radius 1 is 1.12 bits per heavy atom. The number of hydrogen-bond donors (Lipinski definition) is 3. The predicted octanol–water partition coefficient (Wildman–Crippen LogP) is 1.60. The van der Waals surface area contributed by atoms with Crippen LogP contribution in [0.3, 0.4) is 0 Å². The molecule has 5 rings (SSSR count). The highest BCUT2D eigenvalue weighted by atomic mass is 16.5. The molecule has 3 heterocycles. The number of aliphatic hydroxyl groups excluding tert-OH is 2. The number of benzene rings is 1. The van der Waals surface area contributed by atoms with Crippen molar-refractivity contribution in [2.45, 2.75) is 37.6 Å². The van der Waals surface area contributed by atoms with Crippen molar-refractivity contribution in [2.24, 2.45) is 0 Å². The lowest BCUT2D eigenvalue weighted by Crippen LogP contribution is -2.48. The molecule has 1 aromatic carbocycles. The summed E-state index contributed by atoms with van der Waals surface area (Å²) in [6.07, 6.45) is 2.37. The second-order valence-corrected chi connectivity index (χ2v) is 9.47. The summed E-state index contributed by atoms with van der Waals surface area (Å²) in [5, 5.41) is 21.7. The lowest BCUT2D eigenvalue weighted by atomic mass is 9.93. The first-order valence-corrected chi connectivity index (χ1v) is 11.9. The van der Waals surface area contributed by atoms with Crippen LogP contribution in [-0.2, 0) is 11.3 Å². The minimum atomic E-state index is -0.732. The van der Waals surface area contributed by atoms with Gasteiger partial charge < -0.3 is 25.4 Å². The molecule has 3 aliphatic rings. The second kappa shape index (κ2) is 9.50. The molecule has 1 aliphatic carbocycles. The molecule has 9 nitrogen and oxygen atoms in total. The fraction of sp³-hybridized carbons (Fsp3) is 0.520. The number of nitrogens with two attached hydrogens (primary N) is 1. The molecule has 1 saturated heterocycles. The molecule has 0 spiro atoms. The van der Waals surface area contributed by atoms with Crippen molar-refractivity contribution in [2.75, 3.05) is 52.1 Å². The zero-order valence-corrected chi connectivity index (χ0v) is 19.4. The number of esters is 1. The van der Waals surface area contributed by atoms with Crippen molar-refractivity contribution in [3.8, 4) is 5.75 Å². The van der Waals surface area contributed by atoms with E-state index in [9.17, 15) is 15.0 Å². The Kier molecular flexibility index (Phi) is 6.44. The number of cyclic esters (lactones) is 1. The molecular weight excluding hydrogens is 436 g/mol. The van der Waals surface area contributed by atoms with Crippen LogP contribution in [0.5, 0.6) is 5.75 Å². The molecule has 1 saturated carbocycles. The van der Waals surface area contributed by atoms with Crippen LogP contribution in [0, 0.1) is 0 Å². The quantitative estimate of drug-likeness (QED) is 0.496. The van der Waals surface area contributed by atoms with Gasteiger partial charge in [0.25, 0.3) is 0 Å². The Hall–Kier alpha value is -2.72. The number of nitrogen functional groups attached to an aromatic ring is 1. The van der Waals surface area contributed by atoms with Crippen LogP contribution in [0.15, 0.2) is 24.4 Å². The highest BCUT2D eigenvalue weighted by molar-refractivity contribution is 5.93. The molecule has 0 bridgehead atoms. The minimum absolute atomic E-state index is 0.260. The van der Waals surface area contributed by atoms with Crippen molar-refractivity contribution in [3.05, 3.63) is 52.3 Å². The molecule has 182 valence electrons. The summed E-state index contributed by atoms with van der Waals surface area (Å²) in [6.45, 7) is 4.48. The lowest BCUT2D eigenvalue weighted by Gasteiger charge is -2.36. The SMILES string of the molecule is COc1cc(C(O)CN2CCN(CC(O)c3cc4c(cc3C3CC3)C(=O)OC4)CC2)ncc1N. The lowest BCUT2D eigenvalue weighted by molar-refractivity contribution is 0.0469. The predicted molar refractivity (Wildman–Crippen MR) is 126 cm³/mol. The third kappa shape index (κ3) is 4.74. The van der Waals surface area contributed by atoms with Gasteiger partial charge in [0.1, 0.15) is 18.5 Å². The fourth-order valence-corrected chi connectivity index (χ4v) is 4.90. The Morgan fingerprint density at radius 2 is 1.79 bits per heavy atom. The Morgan fingerprint density at radius 3 is 2.44 bits per heavy atom. The summed E-state index contributed by atoms with van der Waals surface area (Å²) in [6, 6.07) is 5.60. The van der Waals surface area contributed by atoms with E-state index in [-0.39, 0.29) is 12.6 Å². The van der Waals surface area contributed by atoms with Gasteiger partial charge in [0, 0.05) is 50.9 Å². The molecule has 0 amide bonds. The Labute approximate surface area is 199 Å². The van der Waals surface area contributed by atoms with Crippen LogP contribution in [-0.4, -0.2) is 77.3 Å². The third-order valence-corrected chi connectivity index (χ3v) is 7.07. The van der Waals surface area contributed by atoms with Crippen LogP contribution in [0.2, 0.25) is 0 Å². The molecule has 34 heavy (non-hydrogen) atoms. The number of anilines is 1. The molecule has 1 aromatic heterocycles. The average Bonchev–Trinajstić information content (AvgIpc) is 3.63. The van der Waals surface area contributed by atoms with Gasteiger partial charge in [0.15, 0.2) is 0 Å². The Bertz CT molecular complexity index is 1070. The van der Waals surface area contributed by atoms with E-state index in [1.165, 1.54) is 6.20 Å². The van der Waals surface area contributed by atoms with Gasteiger partial charge in [0.2, 0.25) is 0 Å². The maximum atomic E-state index is 12.0. The number of β-amino-alcohol motifs (C(OH)–C–C–N with tert-alkyl or cyclic N) is 2. The Balaban J connectivity index is 1.17. The van der Waals surface area contributed by atoms with Crippen molar-refractivity contribution in [1.29, 1.82) is 0 Å². The summed E-state index contributed by atoms with van der Waals surface area (Å²) < 4.78 is 10.4. The number of aromatic nitrogens is 1. The molecule has 2 aliphatic heterocycles. The number of methoxy groups -OCH3 is 1. The third-order valence-electron chi connectivity index (χ3n) is 7.07. The van der Waals surface area contributed by atoms with Gasteiger partial charge in [-0.05, 0) is 42.0 Å². The topological polar surface area (TPSA) is 121 Å². The van der Waals surface area contributed by atoms with E-state index in [0.717, 1.165) is 55.7 Å². The molecule has 2 aromatic rings. The number of ether oxygens (including phenoxy) is 2. The number of aliphatic hydroxyl groups is 2. The fourth-order valence-electron chi connectivity index (χ4n) is 4.90. The van der Waals surface area contributed by atoms with Crippen molar-refractivity contribution in [1.82, 2.24) is 14.8 Å². The van der Waals surface area contributed by atoms with E-state index in [2.05, 4.69) is 14.8 Å².